The fourth-order valence-electron chi connectivity index (χ4n) is 2.64. The van der Waals surface area contributed by atoms with Crippen LogP contribution in [-0.4, -0.2) is 18.4 Å². The van der Waals surface area contributed by atoms with Crippen LogP contribution in [0.3, 0.4) is 0 Å². The second-order valence-corrected chi connectivity index (χ2v) is 6.74. The van der Waals surface area contributed by atoms with Gasteiger partial charge in [0.15, 0.2) is 5.78 Å². The molecule has 1 aromatic heterocycles. The molecule has 1 N–H and O–H groups in total. The molecule has 0 unspecified atom stereocenters. The van der Waals surface area contributed by atoms with Gasteiger partial charge in [-0.1, -0.05) is 30.3 Å². The molecule has 1 amide bonds. The lowest BCUT2D eigenvalue weighted by Crippen LogP contribution is -2.29. The molecule has 120 valence electrons. The van der Waals surface area contributed by atoms with Gasteiger partial charge in [0.2, 0.25) is 0 Å². The molecule has 1 aliphatic carbocycles. The van der Waals surface area contributed by atoms with Gasteiger partial charge in [0.1, 0.15) is 6.61 Å². The average molecular weight is 329 g/mol. The van der Waals surface area contributed by atoms with Crippen molar-refractivity contribution in [1.29, 1.82) is 0 Å². The third-order valence-electron chi connectivity index (χ3n) is 3.88. The Bertz CT molecular complexity index is 670. The quantitative estimate of drug-likeness (QED) is 0.850. The van der Waals surface area contributed by atoms with Crippen LogP contribution < -0.4 is 5.32 Å². The van der Waals surface area contributed by atoms with E-state index in [1.165, 1.54) is 23.3 Å². The van der Waals surface area contributed by atoms with E-state index in [9.17, 15) is 9.59 Å². The molecule has 0 atom stereocenters. The van der Waals surface area contributed by atoms with Crippen LogP contribution in [0.15, 0.2) is 36.4 Å². The lowest BCUT2D eigenvalue weighted by Gasteiger charge is -2.08. The Morgan fingerprint density at radius 1 is 1.13 bits per heavy atom. The Morgan fingerprint density at radius 2 is 1.91 bits per heavy atom. The van der Waals surface area contributed by atoms with Crippen molar-refractivity contribution in [2.24, 2.45) is 0 Å². The molecule has 0 radical (unpaired) electrons. The topological polar surface area (TPSA) is 55.4 Å². The Hall–Kier alpha value is -2.14. The number of hydrogen-bond donors (Lipinski definition) is 1. The number of carbonyl (C=O) groups is 2. The van der Waals surface area contributed by atoms with Gasteiger partial charge in [-0.15, -0.1) is 11.3 Å². The van der Waals surface area contributed by atoms with E-state index < -0.39 is 6.09 Å². The molecule has 0 bridgehead atoms. The van der Waals surface area contributed by atoms with Crippen LogP contribution in [0.25, 0.3) is 0 Å². The third kappa shape index (κ3) is 4.20. The number of amides is 1. The number of ether oxygens (including phenoxy) is 1. The molecule has 4 nitrogen and oxygen atoms in total. The van der Waals surface area contributed by atoms with Gasteiger partial charge in [-0.25, -0.2) is 4.79 Å². The van der Waals surface area contributed by atoms with Gasteiger partial charge in [-0.3, -0.25) is 4.79 Å². The maximum atomic E-state index is 12.2. The molecule has 0 fully saturated rings. The summed E-state index contributed by atoms with van der Waals surface area (Å²) in [4.78, 5) is 25.9. The lowest BCUT2D eigenvalue weighted by atomic mass is 9.99. The van der Waals surface area contributed by atoms with Crippen molar-refractivity contribution in [1.82, 2.24) is 5.32 Å². The van der Waals surface area contributed by atoms with Crippen molar-refractivity contribution in [2.75, 3.05) is 6.54 Å². The van der Waals surface area contributed by atoms with E-state index in [4.69, 9.17) is 4.74 Å². The number of carbonyl (C=O) groups excluding carboxylic acids is 2. The van der Waals surface area contributed by atoms with Crippen LogP contribution in [0.4, 0.5) is 4.79 Å². The molecule has 23 heavy (non-hydrogen) atoms. The summed E-state index contributed by atoms with van der Waals surface area (Å²) >= 11 is 1.56. The zero-order valence-electron chi connectivity index (χ0n) is 12.8. The van der Waals surface area contributed by atoms with E-state index in [1.54, 1.807) is 11.3 Å². The van der Waals surface area contributed by atoms with Crippen LogP contribution >= 0.6 is 11.3 Å². The Labute approximate surface area is 139 Å². The van der Waals surface area contributed by atoms with Gasteiger partial charge >= 0.3 is 6.09 Å². The molecule has 1 heterocycles. The second kappa shape index (κ2) is 7.42. The normalized spacial score (nSPS) is 13.2. The molecular formula is C18H19NO3S. The maximum absolute atomic E-state index is 12.2. The van der Waals surface area contributed by atoms with Crippen molar-refractivity contribution in [3.63, 3.8) is 0 Å². The highest BCUT2D eigenvalue weighted by Crippen LogP contribution is 2.29. The standard InChI is InChI=1S/C18H19NO3S/c20-15(17-10-14-8-4-5-9-16(14)23-17)11-19-18(21)22-12-13-6-2-1-3-7-13/h1-3,6-7,10H,4-5,8-9,11-12H2,(H,19,21). The summed E-state index contributed by atoms with van der Waals surface area (Å²) in [5, 5.41) is 2.53. The Kier molecular flexibility index (Phi) is 5.08. The van der Waals surface area contributed by atoms with Crippen molar-refractivity contribution in [2.45, 2.75) is 32.3 Å². The Balaban J connectivity index is 1.47. The summed E-state index contributed by atoms with van der Waals surface area (Å²) in [5.74, 6) is -0.0546. The largest absolute Gasteiger partial charge is 0.445 e. The number of benzene rings is 1. The van der Waals surface area contributed by atoms with E-state index >= 15 is 0 Å². The number of fused-ring (bicyclic) bond motifs is 1. The summed E-state index contributed by atoms with van der Waals surface area (Å²) in [6.07, 6.45) is 3.96. The van der Waals surface area contributed by atoms with Crippen molar-refractivity contribution in [3.05, 3.63) is 57.3 Å². The van der Waals surface area contributed by atoms with Crippen molar-refractivity contribution >= 4 is 23.2 Å². The van der Waals surface area contributed by atoms with Gasteiger partial charge in [0, 0.05) is 4.88 Å². The van der Waals surface area contributed by atoms with Gasteiger partial charge in [0.05, 0.1) is 11.4 Å². The predicted octanol–water partition coefficient (Wildman–Crippen LogP) is 3.74. The van der Waals surface area contributed by atoms with Crippen molar-refractivity contribution < 1.29 is 14.3 Å². The first-order valence-electron chi connectivity index (χ1n) is 7.82. The third-order valence-corrected chi connectivity index (χ3v) is 5.16. The monoisotopic (exact) mass is 329 g/mol. The van der Waals surface area contributed by atoms with Crippen LogP contribution in [0.2, 0.25) is 0 Å². The minimum atomic E-state index is -0.566. The highest BCUT2D eigenvalue weighted by Gasteiger charge is 2.17. The number of alkyl carbamates (subject to hydrolysis) is 1. The van der Waals surface area contributed by atoms with Crippen molar-refractivity contribution in [3.8, 4) is 0 Å². The number of thiophene rings is 1. The number of ketones is 1. The predicted molar refractivity (Wildman–Crippen MR) is 89.9 cm³/mol. The van der Waals surface area contributed by atoms with E-state index in [0.29, 0.717) is 0 Å². The molecule has 0 spiro atoms. The molecule has 0 saturated carbocycles. The molecule has 1 aromatic carbocycles. The summed E-state index contributed by atoms with van der Waals surface area (Å²) in [6.45, 7) is 0.182. The first-order chi connectivity index (χ1) is 11.2. The molecule has 2 aromatic rings. The smallest absolute Gasteiger partial charge is 0.407 e. The summed E-state index contributed by atoms with van der Waals surface area (Å²) < 4.78 is 5.10. The minimum absolute atomic E-state index is 0.0208. The average Bonchev–Trinajstić information content (AvgIpc) is 3.03. The van der Waals surface area contributed by atoms with E-state index in [2.05, 4.69) is 5.32 Å². The van der Waals surface area contributed by atoms with Gasteiger partial charge in [-0.05, 0) is 42.9 Å². The zero-order valence-corrected chi connectivity index (χ0v) is 13.7. The second-order valence-electron chi connectivity index (χ2n) is 5.60. The molecule has 1 aliphatic rings. The summed E-state index contributed by atoms with van der Waals surface area (Å²) in [7, 11) is 0. The summed E-state index contributed by atoms with van der Waals surface area (Å²) in [5.41, 5.74) is 2.22. The van der Waals surface area contributed by atoms with Gasteiger partial charge < -0.3 is 10.1 Å². The number of Topliss-reactive ketones (excluding diaryl/α,β-unsaturated/α-hetero) is 1. The minimum Gasteiger partial charge on any atom is -0.445 e. The molecule has 0 aliphatic heterocycles. The van der Waals surface area contributed by atoms with Crippen LogP contribution in [0.1, 0.15) is 38.5 Å². The molecular weight excluding hydrogens is 310 g/mol. The molecule has 0 saturated heterocycles. The number of nitrogens with one attached hydrogen (secondary N) is 1. The highest BCUT2D eigenvalue weighted by atomic mass is 32.1. The first-order valence-corrected chi connectivity index (χ1v) is 8.63. The molecule has 3 rings (SSSR count). The van der Waals surface area contributed by atoms with E-state index in [1.807, 2.05) is 36.4 Å². The zero-order chi connectivity index (χ0) is 16.1. The van der Waals surface area contributed by atoms with E-state index in [-0.39, 0.29) is 18.9 Å². The first kappa shape index (κ1) is 15.7. The fraction of sp³-hybridized carbons (Fsp3) is 0.333. The fourth-order valence-corrected chi connectivity index (χ4v) is 3.83. The Morgan fingerprint density at radius 3 is 2.70 bits per heavy atom. The summed E-state index contributed by atoms with van der Waals surface area (Å²) in [6, 6.07) is 11.4. The van der Waals surface area contributed by atoms with Gasteiger partial charge in [0.25, 0.3) is 0 Å². The molecule has 5 heteroatoms. The maximum Gasteiger partial charge on any atom is 0.407 e. The number of aryl methyl sites for hydroxylation is 2. The highest BCUT2D eigenvalue weighted by molar-refractivity contribution is 7.14. The van der Waals surface area contributed by atoms with Crippen LogP contribution in [-0.2, 0) is 24.2 Å². The number of hydrogen-bond acceptors (Lipinski definition) is 4. The van der Waals surface area contributed by atoms with Crippen LogP contribution in [0, 0.1) is 0 Å². The van der Waals surface area contributed by atoms with E-state index in [0.717, 1.165) is 23.3 Å². The lowest BCUT2D eigenvalue weighted by molar-refractivity contribution is 0.0977. The number of rotatable bonds is 5. The van der Waals surface area contributed by atoms with Gasteiger partial charge in [-0.2, -0.15) is 0 Å². The van der Waals surface area contributed by atoms with Crippen LogP contribution in [0.5, 0.6) is 0 Å². The SMILES string of the molecule is O=C(NCC(=O)c1cc2c(s1)CCCC2)OCc1ccccc1.